The summed E-state index contributed by atoms with van der Waals surface area (Å²) in [6.45, 7) is -11.6. The lowest BCUT2D eigenvalue weighted by Crippen LogP contribution is -2.48. The molecule has 2 aliphatic rings. The van der Waals surface area contributed by atoms with Crippen LogP contribution in [0, 0.1) is 11.3 Å². The van der Waals surface area contributed by atoms with Gasteiger partial charge in [-0.25, -0.2) is 0 Å². The van der Waals surface area contributed by atoms with Crippen molar-refractivity contribution >= 4 is 0 Å². The summed E-state index contributed by atoms with van der Waals surface area (Å²) in [5.41, 5.74) is -4.06. The second-order valence-electron chi connectivity index (χ2n) is 5.72. The number of piperidine rings is 1. The van der Waals surface area contributed by atoms with Gasteiger partial charge in [0.2, 0.25) is 0 Å². The Morgan fingerprint density at radius 3 is 2.96 bits per heavy atom. The normalized spacial score (nSPS) is 54.0. The van der Waals surface area contributed by atoms with Crippen LogP contribution in [0.15, 0.2) is 12.1 Å². The van der Waals surface area contributed by atoms with Crippen molar-refractivity contribution in [3.63, 3.8) is 0 Å². The number of benzene rings is 1. The Balaban J connectivity index is 2.43. The standard InChI is InChI=1S/C20H31NO3/c1-20(2,3)11-14-12-21-7-6-13-8-18(23-4)19(24-5)9-15(13)16(21)10-17(14)22/h8-9,14,16-17,22H,6-7,10-12H2,1-5H3/i1D3,2D3,4D3,10D2,11D2,12D2,14D,16D,17D. The molecule has 1 aromatic rings. The molecule has 1 saturated heterocycles. The minimum atomic E-state index is -4.33. The molecule has 3 unspecified atom stereocenters. The van der Waals surface area contributed by atoms with Gasteiger partial charge in [-0.1, -0.05) is 20.6 Å². The van der Waals surface area contributed by atoms with Gasteiger partial charge in [0, 0.05) is 36.9 Å². The molecule has 0 aromatic heterocycles. The maximum atomic E-state index is 11.5. The number of aliphatic hydroxyl groups is 1. The molecule has 1 fully saturated rings. The molecule has 24 heavy (non-hydrogen) atoms. The molecule has 134 valence electrons. The van der Waals surface area contributed by atoms with Gasteiger partial charge in [-0.05, 0) is 53.7 Å². The van der Waals surface area contributed by atoms with Gasteiger partial charge in [0.25, 0.3) is 0 Å². The third-order valence-electron chi connectivity index (χ3n) is 3.72. The van der Waals surface area contributed by atoms with Crippen molar-refractivity contribution in [1.29, 1.82) is 0 Å². The van der Waals surface area contributed by atoms with E-state index >= 15 is 0 Å². The summed E-state index contributed by atoms with van der Waals surface area (Å²) in [4.78, 5) is 0.347. The van der Waals surface area contributed by atoms with Crippen LogP contribution in [0.3, 0.4) is 0 Å². The monoisotopic (exact) mass is 351 g/mol. The zero-order valence-electron chi connectivity index (χ0n) is 31.3. The van der Waals surface area contributed by atoms with Crippen molar-refractivity contribution in [2.75, 3.05) is 27.2 Å². The first-order valence-corrected chi connectivity index (χ1v) is 7.27. The van der Waals surface area contributed by atoms with Gasteiger partial charge in [-0.3, -0.25) is 4.90 Å². The lowest BCUT2D eigenvalue weighted by molar-refractivity contribution is -0.0259. The minimum absolute atomic E-state index is 0.0205. The summed E-state index contributed by atoms with van der Waals surface area (Å²) >= 11 is 0. The maximum Gasteiger partial charge on any atom is 0.161 e. The topological polar surface area (TPSA) is 41.9 Å². The van der Waals surface area contributed by atoms with Gasteiger partial charge in [-0.2, -0.15) is 0 Å². The number of hydrogen-bond acceptors (Lipinski definition) is 4. The largest absolute Gasteiger partial charge is 0.493 e. The third-order valence-corrected chi connectivity index (χ3v) is 3.72. The molecular formula is C20H31NO3. The third kappa shape index (κ3) is 3.40. The zero-order chi connectivity index (χ0) is 33.1. The van der Waals surface area contributed by atoms with Crippen molar-refractivity contribution in [3.8, 4) is 11.5 Å². The molecule has 0 amide bonds. The molecule has 0 aliphatic carbocycles. The van der Waals surface area contributed by atoms with E-state index in [9.17, 15) is 6.48 Å². The molecule has 0 saturated carbocycles. The first-order valence-electron chi connectivity index (χ1n) is 16.3. The van der Waals surface area contributed by atoms with E-state index in [1.165, 1.54) is 0 Å². The van der Waals surface area contributed by atoms with Crippen LogP contribution in [0.5, 0.6) is 11.5 Å². The van der Waals surface area contributed by atoms with Crippen LogP contribution in [0.4, 0.5) is 0 Å². The Labute approximate surface area is 171 Å². The first kappa shape index (κ1) is 5.88. The Morgan fingerprint density at radius 2 is 2.25 bits per heavy atom. The van der Waals surface area contributed by atoms with Gasteiger partial charge in [0.1, 0.15) is 0 Å². The number of hydrogen-bond donors (Lipinski definition) is 1. The van der Waals surface area contributed by atoms with Crippen LogP contribution < -0.4 is 9.47 Å². The highest BCUT2D eigenvalue weighted by Gasteiger charge is 2.39. The summed E-state index contributed by atoms with van der Waals surface area (Å²) < 4.78 is 160. The second kappa shape index (κ2) is 6.57. The van der Waals surface area contributed by atoms with Crippen molar-refractivity contribution < 1.29 is 39.3 Å². The van der Waals surface area contributed by atoms with Crippen LogP contribution in [0.25, 0.3) is 0 Å². The molecule has 3 atom stereocenters. The summed E-state index contributed by atoms with van der Waals surface area (Å²) in [5.74, 6) is -4.91. The SMILES string of the molecule is [2H]C([2H])([2H])Oc1cc2c(cc1OC)C1([2H])N(CC2)C([2H])([2H])C([2H])(C([2H])([2H])C(C)(C([2H])([2H])[2H])C([2H])([2H])[2H])C([2H])(O)C1([2H])[2H]. The molecule has 1 aromatic carbocycles. The zero-order valence-corrected chi connectivity index (χ0v) is 13.3. The van der Waals surface area contributed by atoms with E-state index in [0.29, 0.717) is 11.8 Å². The van der Waals surface area contributed by atoms with Crippen LogP contribution in [-0.2, 0) is 6.42 Å². The Hall–Kier alpha value is -1.26. The molecule has 4 heteroatoms. The molecule has 2 aliphatic heterocycles. The van der Waals surface area contributed by atoms with Crippen molar-refractivity contribution in [1.82, 2.24) is 4.90 Å². The molecule has 0 radical (unpaired) electrons. The predicted octanol–water partition coefficient (Wildman–Crippen LogP) is 3.42. The Bertz CT molecular complexity index is 1220. The van der Waals surface area contributed by atoms with Crippen LogP contribution in [0.2, 0.25) is 0 Å². The molecule has 0 bridgehead atoms. The number of nitrogens with zero attached hydrogens (tertiary/aromatic N) is 1. The fourth-order valence-electron chi connectivity index (χ4n) is 2.70. The smallest absolute Gasteiger partial charge is 0.161 e. The average Bonchev–Trinajstić information content (AvgIpc) is 2.78. The summed E-state index contributed by atoms with van der Waals surface area (Å²) in [6, 6.07) is -1.10. The van der Waals surface area contributed by atoms with E-state index in [1.807, 2.05) is 0 Å². The molecule has 4 nitrogen and oxygen atoms in total. The lowest BCUT2D eigenvalue weighted by Gasteiger charge is -2.47. The highest BCUT2D eigenvalue weighted by molar-refractivity contribution is 5.49. The fraction of sp³-hybridized carbons (Fsp3) is 0.700. The predicted molar refractivity (Wildman–Crippen MR) is 95.7 cm³/mol. The number of rotatable bonds is 3. The van der Waals surface area contributed by atoms with Crippen molar-refractivity contribution in [2.45, 2.75) is 51.9 Å². The highest BCUT2D eigenvalue weighted by atomic mass is 16.5. The van der Waals surface area contributed by atoms with E-state index < -0.39 is 75.5 Å². The van der Waals surface area contributed by atoms with Crippen LogP contribution in [-0.4, -0.2) is 43.3 Å². The van der Waals surface area contributed by atoms with Gasteiger partial charge in [0.15, 0.2) is 11.5 Å². The fourth-order valence-corrected chi connectivity index (χ4v) is 2.70. The highest BCUT2D eigenvalue weighted by Crippen LogP contribution is 2.44. The number of fused-ring (bicyclic) bond motifs is 3. The molecule has 3 rings (SSSR count). The summed E-state index contributed by atoms with van der Waals surface area (Å²) in [7, 11) is -1.86. The molecule has 0 spiro atoms. The summed E-state index contributed by atoms with van der Waals surface area (Å²) in [6.07, 6.45) is -12.7. The van der Waals surface area contributed by atoms with Gasteiger partial charge in [-0.15, -0.1) is 0 Å². The minimum Gasteiger partial charge on any atom is -0.493 e. The lowest BCUT2D eigenvalue weighted by atomic mass is 9.75. The molecule has 2 heterocycles. The van der Waals surface area contributed by atoms with Crippen molar-refractivity contribution in [3.05, 3.63) is 23.3 Å². The first-order chi connectivity index (χ1) is 18.4. The Morgan fingerprint density at radius 1 is 1.46 bits per heavy atom. The Kier molecular flexibility index (Phi) is 1.61. The number of ether oxygens (including phenoxy) is 2. The van der Waals surface area contributed by atoms with Gasteiger partial charge in [0.05, 0.1) is 27.1 Å². The quantitative estimate of drug-likeness (QED) is 0.906. The van der Waals surface area contributed by atoms with Gasteiger partial charge >= 0.3 is 0 Å². The number of methoxy groups -OCH3 is 2. The maximum absolute atomic E-state index is 11.5. The summed E-state index contributed by atoms with van der Waals surface area (Å²) in [5, 5.41) is 11.5. The average molecular weight is 352 g/mol. The van der Waals surface area contributed by atoms with E-state index in [0.717, 1.165) is 19.2 Å². The van der Waals surface area contributed by atoms with E-state index in [4.69, 9.17) is 32.8 Å². The molecule has 1 N–H and O–H groups in total. The van der Waals surface area contributed by atoms with E-state index in [1.54, 1.807) is 0 Å². The second-order valence-corrected chi connectivity index (χ2v) is 5.72. The van der Waals surface area contributed by atoms with Crippen LogP contribution in [0.1, 0.15) is 75.2 Å². The van der Waals surface area contributed by atoms with E-state index in [2.05, 4.69) is 0 Å². The van der Waals surface area contributed by atoms with Crippen LogP contribution >= 0.6 is 0 Å². The van der Waals surface area contributed by atoms with Crippen molar-refractivity contribution in [2.24, 2.45) is 11.3 Å². The molecular weight excluding hydrogens is 302 g/mol. The van der Waals surface area contributed by atoms with E-state index in [-0.39, 0.29) is 23.5 Å². The van der Waals surface area contributed by atoms with Gasteiger partial charge < -0.3 is 14.6 Å².